The van der Waals surface area contributed by atoms with Gasteiger partial charge in [0.25, 0.3) is 0 Å². The first-order valence-electron chi connectivity index (χ1n) is 6.64. The van der Waals surface area contributed by atoms with Crippen LogP contribution in [-0.4, -0.2) is 12.8 Å². The second-order valence-electron chi connectivity index (χ2n) is 4.58. The van der Waals surface area contributed by atoms with E-state index in [1.807, 2.05) is 30.3 Å². The summed E-state index contributed by atoms with van der Waals surface area (Å²) in [6.45, 7) is 1.91. The summed E-state index contributed by atoms with van der Waals surface area (Å²) in [5.41, 5.74) is 0. The number of rotatable bonds is 2. The molecule has 3 nitrogen and oxygen atoms in total. The normalized spacial score (nSPS) is 10.8. The zero-order chi connectivity index (χ0) is 14.8. The maximum Gasteiger partial charge on any atom is 0.513 e. The Morgan fingerprint density at radius 1 is 1.05 bits per heavy atom. The van der Waals surface area contributed by atoms with Gasteiger partial charge in [0.2, 0.25) is 0 Å². The Hall–Kier alpha value is -2.62. The van der Waals surface area contributed by atoms with Crippen molar-refractivity contribution in [3.63, 3.8) is 0 Å². The Morgan fingerprint density at radius 2 is 1.81 bits per heavy atom. The van der Waals surface area contributed by atoms with Crippen LogP contribution in [0, 0.1) is 5.82 Å². The van der Waals surface area contributed by atoms with E-state index in [1.54, 1.807) is 13.0 Å². The fourth-order valence-corrected chi connectivity index (χ4v) is 2.33. The minimum atomic E-state index is -0.792. The molecule has 0 fully saturated rings. The van der Waals surface area contributed by atoms with Crippen LogP contribution in [0.3, 0.4) is 0 Å². The molecule has 0 unspecified atom stereocenters. The summed E-state index contributed by atoms with van der Waals surface area (Å²) in [6, 6.07) is 13.8. The van der Waals surface area contributed by atoms with Gasteiger partial charge in [0.15, 0.2) is 0 Å². The lowest BCUT2D eigenvalue weighted by molar-refractivity contribution is 0.105. The third kappa shape index (κ3) is 2.52. The van der Waals surface area contributed by atoms with Gasteiger partial charge >= 0.3 is 6.16 Å². The second-order valence-corrected chi connectivity index (χ2v) is 4.58. The molecule has 21 heavy (non-hydrogen) atoms. The smallest absolute Gasteiger partial charge is 0.434 e. The van der Waals surface area contributed by atoms with E-state index in [2.05, 4.69) is 0 Å². The lowest BCUT2D eigenvalue weighted by atomic mass is 10.0. The van der Waals surface area contributed by atoms with Crippen molar-refractivity contribution in [1.29, 1.82) is 0 Å². The topological polar surface area (TPSA) is 35.5 Å². The summed E-state index contributed by atoms with van der Waals surface area (Å²) in [5.74, 6) is -0.0625. The highest BCUT2D eigenvalue weighted by Crippen LogP contribution is 2.35. The molecule has 3 rings (SSSR count). The Bertz CT molecular complexity index is 827. The molecule has 0 saturated heterocycles. The summed E-state index contributed by atoms with van der Waals surface area (Å²) >= 11 is 0. The molecule has 0 atom stereocenters. The molecule has 0 bridgehead atoms. The molecular formula is C17H13FO3. The van der Waals surface area contributed by atoms with E-state index in [0.29, 0.717) is 11.1 Å². The molecular weight excluding hydrogens is 271 g/mol. The molecule has 0 aliphatic heterocycles. The van der Waals surface area contributed by atoms with Crippen LogP contribution in [-0.2, 0) is 4.74 Å². The van der Waals surface area contributed by atoms with Crippen molar-refractivity contribution in [2.24, 2.45) is 0 Å². The minimum Gasteiger partial charge on any atom is -0.434 e. The van der Waals surface area contributed by atoms with Gasteiger partial charge in [-0.3, -0.25) is 0 Å². The van der Waals surface area contributed by atoms with Gasteiger partial charge in [-0.2, -0.15) is 0 Å². The molecule has 0 aliphatic rings. The van der Waals surface area contributed by atoms with E-state index < -0.39 is 6.16 Å². The summed E-state index contributed by atoms with van der Waals surface area (Å²) in [7, 11) is 0. The van der Waals surface area contributed by atoms with Gasteiger partial charge in [-0.05, 0) is 35.9 Å². The van der Waals surface area contributed by atoms with Crippen LogP contribution in [0.15, 0.2) is 48.5 Å². The van der Waals surface area contributed by atoms with Gasteiger partial charge in [0.05, 0.1) is 6.61 Å². The first-order valence-corrected chi connectivity index (χ1v) is 6.64. The van der Waals surface area contributed by atoms with Gasteiger partial charge in [-0.15, -0.1) is 0 Å². The number of ether oxygens (including phenoxy) is 2. The van der Waals surface area contributed by atoms with E-state index in [0.717, 1.165) is 16.2 Å². The van der Waals surface area contributed by atoms with E-state index in [-0.39, 0.29) is 12.4 Å². The third-order valence-corrected chi connectivity index (χ3v) is 3.22. The van der Waals surface area contributed by atoms with Crippen LogP contribution in [0.5, 0.6) is 5.75 Å². The number of carbonyl (C=O) groups is 1. The average molecular weight is 284 g/mol. The van der Waals surface area contributed by atoms with E-state index in [1.165, 1.54) is 12.1 Å². The highest BCUT2D eigenvalue weighted by Gasteiger charge is 2.14. The van der Waals surface area contributed by atoms with Crippen molar-refractivity contribution in [2.45, 2.75) is 6.92 Å². The SMILES string of the molecule is CCOC(=O)Oc1c2ccccc2cc2ccc(F)cc12. The van der Waals surface area contributed by atoms with Crippen molar-refractivity contribution in [2.75, 3.05) is 6.61 Å². The second kappa shape index (κ2) is 5.40. The Balaban J connectivity index is 2.28. The predicted molar refractivity (Wildman–Crippen MR) is 79.1 cm³/mol. The van der Waals surface area contributed by atoms with Crippen LogP contribution < -0.4 is 4.74 Å². The van der Waals surface area contributed by atoms with E-state index in [9.17, 15) is 9.18 Å². The molecule has 3 aromatic carbocycles. The molecule has 4 heteroatoms. The van der Waals surface area contributed by atoms with Crippen molar-refractivity contribution >= 4 is 27.7 Å². The minimum absolute atomic E-state index is 0.218. The third-order valence-electron chi connectivity index (χ3n) is 3.22. The highest BCUT2D eigenvalue weighted by atomic mass is 19.1. The molecule has 0 spiro atoms. The van der Waals surface area contributed by atoms with Crippen LogP contribution in [0.1, 0.15) is 6.92 Å². The standard InChI is InChI=1S/C17H13FO3/c1-2-20-17(19)21-16-14-6-4-3-5-11(14)9-12-7-8-13(18)10-15(12)16/h3-10H,2H2,1H3. The molecule has 0 heterocycles. The first-order chi connectivity index (χ1) is 10.2. The van der Waals surface area contributed by atoms with Gasteiger partial charge in [-0.25, -0.2) is 9.18 Å². The van der Waals surface area contributed by atoms with Crippen molar-refractivity contribution < 1.29 is 18.7 Å². The summed E-state index contributed by atoms with van der Waals surface area (Å²) in [4.78, 5) is 11.6. The molecule has 0 N–H and O–H groups in total. The molecule has 0 amide bonds. The molecule has 0 aliphatic carbocycles. The lowest BCUT2D eigenvalue weighted by Crippen LogP contribution is -2.10. The van der Waals surface area contributed by atoms with E-state index in [4.69, 9.17) is 9.47 Å². The Morgan fingerprint density at radius 3 is 2.62 bits per heavy atom. The maximum absolute atomic E-state index is 13.5. The number of fused-ring (bicyclic) bond motifs is 2. The highest BCUT2D eigenvalue weighted by molar-refractivity contribution is 6.06. The van der Waals surface area contributed by atoms with Crippen LogP contribution >= 0.6 is 0 Å². The Kier molecular flexibility index (Phi) is 3.44. The van der Waals surface area contributed by atoms with Gasteiger partial charge in [0, 0.05) is 10.8 Å². The van der Waals surface area contributed by atoms with Crippen molar-refractivity contribution in [3.05, 3.63) is 54.3 Å². The fourth-order valence-electron chi connectivity index (χ4n) is 2.33. The zero-order valence-electron chi connectivity index (χ0n) is 11.4. The molecule has 0 saturated carbocycles. The number of hydrogen-bond donors (Lipinski definition) is 0. The van der Waals surface area contributed by atoms with E-state index >= 15 is 0 Å². The van der Waals surface area contributed by atoms with Gasteiger partial charge in [0.1, 0.15) is 11.6 Å². The summed E-state index contributed by atoms with van der Waals surface area (Å²) in [5, 5.41) is 3.00. The summed E-state index contributed by atoms with van der Waals surface area (Å²) < 4.78 is 23.7. The number of hydrogen-bond acceptors (Lipinski definition) is 3. The number of carbonyl (C=O) groups excluding carboxylic acids is 1. The number of halogens is 1. The molecule has 3 aromatic rings. The predicted octanol–water partition coefficient (Wildman–Crippen LogP) is 4.67. The van der Waals surface area contributed by atoms with Crippen LogP contribution in [0.2, 0.25) is 0 Å². The average Bonchev–Trinajstić information content (AvgIpc) is 2.48. The fraction of sp³-hybridized carbons (Fsp3) is 0.118. The first kappa shape index (κ1) is 13.4. The maximum atomic E-state index is 13.5. The quantitative estimate of drug-likeness (QED) is 0.390. The zero-order valence-corrected chi connectivity index (χ0v) is 11.4. The largest absolute Gasteiger partial charge is 0.513 e. The van der Waals surface area contributed by atoms with Crippen molar-refractivity contribution in [3.8, 4) is 5.75 Å². The molecule has 0 aromatic heterocycles. The molecule has 106 valence electrons. The monoisotopic (exact) mass is 284 g/mol. The summed E-state index contributed by atoms with van der Waals surface area (Å²) in [6.07, 6.45) is -0.792. The van der Waals surface area contributed by atoms with Crippen LogP contribution in [0.4, 0.5) is 9.18 Å². The lowest BCUT2D eigenvalue weighted by Gasteiger charge is -2.11. The molecule has 0 radical (unpaired) electrons. The van der Waals surface area contributed by atoms with Crippen LogP contribution in [0.25, 0.3) is 21.5 Å². The van der Waals surface area contributed by atoms with Crippen molar-refractivity contribution in [1.82, 2.24) is 0 Å². The van der Waals surface area contributed by atoms with Gasteiger partial charge in [-0.1, -0.05) is 30.3 Å². The van der Waals surface area contributed by atoms with Gasteiger partial charge < -0.3 is 9.47 Å². The Labute approximate surface area is 120 Å². The number of benzene rings is 3.